The van der Waals surface area contributed by atoms with Crippen molar-refractivity contribution in [2.45, 2.75) is 70.0 Å². The van der Waals surface area contributed by atoms with Gasteiger partial charge < -0.3 is 5.32 Å². The molecule has 0 bridgehead atoms. The van der Waals surface area contributed by atoms with E-state index in [1.165, 1.54) is 63.6 Å². The minimum Gasteiger partial charge on any atom is -0.311 e. The van der Waals surface area contributed by atoms with Crippen molar-refractivity contribution in [3.8, 4) is 0 Å². The molecule has 118 valence electrons. The van der Waals surface area contributed by atoms with Crippen LogP contribution in [-0.2, 0) is 6.54 Å². The number of aromatic nitrogens is 2. The fourth-order valence-electron chi connectivity index (χ4n) is 4.56. The summed E-state index contributed by atoms with van der Waals surface area (Å²) in [6.07, 6.45) is 13.9. The molecule has 0 radical (unpaired) electrons. The lowest BCUT2D eigenvalue weighted by molar-refractivity contribution is 0.0383. The Morgan fingerprint density at radius 2 is 1.90 bits per heavy atom. The van der Waals surface area contributed by atoms with Gasteiger partial charge in [0, 0.05) is 23.8 Å². The van der Waals surface area contributed by atoms with E-state index in [2.05, 4.69) is 46.4 Å². The number of hydrogen-bond acceptors (Lipinski definition) is 3. The Hall–Kier alpha value is -0.870. The highest BCUT2D eigenvalue weighted by molar-refractivity contribution is 5.19. The molecule has 1 atom stereocenters. The average Bonchev–Trinajstić information content (AvgIpc) is 3.19. The predicted octanol–water partition coefficient (Wildman–Crippen LogP) is 2.96. The summed E-state index contributed by atoms with van der Waals surface area (Å²) in [5.41, 5.74) is 1.68. The summed E-state index contributed by atoms with van der Waals surface area (Å²) < 4.78 is 2.05. The third kappa shape index (κ3) is 2.76. The maximum Gasteiger partial charge on any atom is 0.0538 e. The molecule has 1 N–H and O–H groups in total. The topological polar surface area (TPSA) is 33.1 Å². The summed E-state index contributed by atoms with van der Waals surface area (Å²) in [5, 5.41) is 8.15. The largest absolute Gasteiger partial charge is 0.311 e. The van der Waals surface area contributed by atoms with Crippen molar-refractivity contribution in [1.82, 2.24) is 20.0 Å². The first-order chi connectivity index (χ1) is 10.3. The molecule has 0 spiro atoms. The van der Waals surface area contributed by atoms with Crippen molar-refractivity contribution >= 4 is 0 Å². The highest BCUT2D eigenvalue weighted by Gasteiger charge is 2.46. The summed E-state index contributed by atoms with van der Waals surface area (Å²) in [6, 6.07) is 0.415. The second-order valence-corrected chi connectivity index (χ2v) is 6.71. The monoisotopic (exact) mass is 290 g/mol. The lowest BCUT2D eigenvalue weighted by Gasteiger charge is -2.48. The molecule has 3 rings (SSSR count). The molecule has 21 heavy (non-hydrogen) atoms. The van der Waals surface area contributed by atoms with Gasteiger partial charge in [0.05, 0.1) is 12.2 Å². The van der Waals surface area contributed by atoms with Gasteiger partial charge in [0.1, 0.15) is 0 Å². The second-order valence-electron chi connectivity index (χ2n) is 6.71. The van der Waals surface area contributed by atoms with Gasteiger partial charge in [0.25, 0.3) is 0 Å². The van der Waals surface area contributed by atoms with E-state index in [0.717, 1.165) is 6.54 Å². The summed E-state index contributed by atoms with van der Waals surface area (Å²) in [5.74, 6) is 0. The van der Waals surface area contributed by atoms with Gasteiger partial charge in [-0.15, -0.1) is 0 Å². The van der Waals surface area contributed by atoms with Gasteiger partial charge in [-0.2, -0.15) is 5.10 Å². The van der Waals surface area contributed by atoms with Crippen LogP contribution in [-0.4, -0.2) is 40.4 Å². The fourth-order valence-corrected chi connectivity index (χ4v) is 4.56. The van der Waals surface area contributed by atoms with Crippen LogP contribution in [0.25, 0.3) is 0 Å². The van der Waals surface area contributed by atoms with Crippen molar-refractivity contribution < 1.29 is 0 Å². The lowest BCUT2D eigenvalue weighted by atomic mass is 9.81. The van der Waals surface area contributed by atoms with Crippen LogP contribution in [0.5, 0.6) is 0 Å². The number of likely N-dealkylation sites (tertiary alicyclic amines) is 1. The number of piperidine rings is 1. The number of nitrogens with one attached hydrogen (secondary N) is 1. The van der Waals surface area contributed by atoms with Crippen molar-refractivity contribution in [3.63, 3.8) is 0 Å². The third-order valence-corrected chi connectivity index (χ3v) is 5.59. The molecular weight excluding hydrogens is 260 g/mol. The molecule has 2 heterocycles. The molecule has 1 aromatic heterocycles. The van der Waals surface area contributed by atoms with Crippen molar-refractivity contribution in [3.05, 3.63) is 18.0 Å². The zero-order valence-corrected chi connectivity index (χ0v) is 13.6. The zero-order valence-electron chi connectivity index (χ0n) is 13.6. The fraction of sp³-hybridized carbons (Fsp3) is 0.824. The molecule has 1 aliphatic heterocycles. The standard InChI is InChI=1S/C17H30N4/c1-3-21-14-15(13-19-21)16(18-2)17(9-5-6-10-17)20-11-7-4-8-12-20/h13-14,16,18H,3-12H2,1-2H3. The van der Waals surface area contributed by atoms with Crippen LogP contribution in [0.2, 0.25) is 0 Å². The van der Waals surface area contributed by atoms with Gasteiger partial charge in [-0.25, -0.2) is 0 Å². The van der Waals surface area contributed by atoms with E-state index in [9.17, 15) is 0 Å². The Morgan fingerprint density at radius 3 is 2.48 bits per heavy atom. The highest BCUT2D eigenvalue weighted by atomic mass is 15.3. The molecule has 4 heteroatoms. The van der Waals surface area contributed by atoms with Crippen LogP contribution in [0.1, 0.15) is 63.5 Å². The molecule has 1 aromatic rings. The van der Waals surface area contributed by atoms with Crippen molar-refractivity contribution in [2.75, 3.05) is 20.1 Å². The van der Waals surface area contributed by atoms with E-state index in [4.69, 9.17) is 0 Å². The minimum absolute atomic E-state index is 0.316. The van der Waals surface area contributed by atoms with Gasteiger partial charge in [-0.3, -0.25) is 9.58 Å². The van der Waals surface area contributed by atoms with E-state index in [-0.39, 0.29) is 0 Å². The normalized spacial score (nSPS) is 24.3. The van der Waals surface area contributed by atoms with E-state index in [1.807, 2.05) is 0 Å². The van der Waals surface area contributed by atoms with E-state index in [0.29, 0.717) is 11.6 Å². The first kappa shape index (κ1) is 15.0. The van der Waals surface area contributed by atoms with Gasteiger partial charge in [0.2, 0.25) is 0 Å². The Bertz CT molecular complexity index is 441. The zero-order chi connectivity index (χ0) is 14.7. The minimum atomic E-state index is 0.316. The summed E-state index contributed by atoms with van der Waals surface area (Å²) in [4.78, 5) is 2.80. The summed E-state index contributed by atoms with van der Waals surface area (Å²) in [7, 11) is 2.12. The Balaban J connectivity index is 1.89. The number of hydrogen-bond donors (Lipinski definition) is 1. The first-order valence-corrected chi connectivity index (χ1v) is 8.75. The molecule has 1 unspecified atom stereocenters. The quantitative estimate of drug-likeness (QED) is 0.905. The van der Waals surface area contributed by atoms with E-state index < -0.39 is 0 Å². The smallest absolute Gasteiger partial charge is 0.0538 e. The Morgan fingerprint density at radius 1 is 1.19 bits per heavy atom. The van der Waals surface area contributed by atoms with E-state index >= 15 is 0 Å². The lowest BCUT2D eigenvalue weighted by Crippen LogP contribution is -2.56. The maximum absolute atomic E-state index is 4.51. The molecule has 1 aliphatic carbocycles. The summed E-state index contributed by atoms with van der Waals surface area (Å²) in [6.45, 7) is 5.66. The van der Waals surface area contributed by atoms with Crippen molar-refractivity contribution in [2.24, 2.45) is 0 Å². The molecule has 1 saturated carbocycles. The predicted molar refractivity (Wildman–Crippen MR) is 86.3 cm³/mol. The maximum atomic E-state index is 4.51. The molecule has 2 aliphatic rings. The van der Waals surface area contributed by atoms with Crippen LogP contribution in [0.3, 0.4) is 0 Å². The molecule has 4 nitrogen and oxygen atoms in total. The molecule has 2 fully saturated rings. The Labute approximate surface area is 128 Å². The van der Waals surface area contributed by atoms with Crippen LogP contribution < -0.4 is 5.32 Å². The summed E-state index contributed by atoms with van der Waals surface area (Å²) >= 11 is 0. The van der Waals surface area contributed by atoms with Gasteiger partial charge in [0.15, 0.2) is 0 Å². The van der Waals surface area contributed by atoms with Gasteiger partial charge >= 0.3 is 0 Å². The third-order valence-electron chi connectivity index (χ3n) is 5.59. The van der Waals surface area contributed by atoms with Gasteiger partial charge in [-0.05, 0) is 52.7 Å². The number of aryl methyl sites for hydroxylation is 1. The van der Waals surface area contributed by atoms with Crippen LogP contribution in [0.15, 0.2) is 12.4 Å². The average molecular weight is 290 g/mol. The van der Waals surface area contributed by atoms with Crippen LogP contribution in [0.4, 0.5) is 0 Å². The number of nitrogens with zero attached hydrogens (tertiary/aromatic N) is 3. The highest BCUT2D eigenvalue weighted by Crippen LogP contribution is 2.45. The molecule has 0 aromatic carbocycles. The van der Waals surface area contributed by atoms with Crippen LogP contribution in [0, 0.1) is 0 Å². The van der Waals surface area contributed by atoms with Gasteiger partial charge in [-0.1, -0.05) is 19.3 Å². The molecular formula is C17H30N4. The number of rotatable bonds is 5. The first-order valence-electron chi connectivity index (χ1n) is 8.75. The number of likely N-dealkylation sites (N-methyl/N-ethyl adjacent to an activating group) is 1. The van der Waals surface area contributed by atoms with E-state index in [1.54, 1.807) is 0 Å². The molecule has 0 amide bonds. The Kier molecular flexibility index (Phi) is 4.65. The SMILES string of the molecule is CCn1cc(C(NC)C2(N3CCCCC3)CCCC2)cn1. The van der Waals surface area contributed by atoms with Crippen LogP contribution >= 0.6 is 0 Å². The molecule has 1 saturated heterocycles. The second kappa shape index (κ2) is 6.49. The van der Waals surface area contributed by atoms with Crippen molar-refractivity contribution in [1.29, 1.82) is 0 Å².